The zero-order chi connectivity index (χ0) is 13.5. The topological polar surface area (TPSA) is 75.4 Å². The largest absolute Gasteiger partial charge is 0.392 e. The number of nitrogens with zero attached hydrogens (tertiary/aromatic N) is 1. The first-order valence-electron chi connectivity index (χ1n) is 5.71. The molecule has 5 nitrogen and oxygen atoms in total. The standard InChI is InChI=1S/C12H15FN2O3/c1-12(2)10(6-11(12)16)14-9-4-3-7(15(17)18)5-8(9)13/h3-5,10-11,14,16H,6H2,1-2H3. The molecule has 2 atom stereocenters. The van der Waals surface area contributed by atoms with Crippen molar-refractivity contribution in [2.24, 2.45) is 5.41 Å². The number of hydrogen-bond donors (Lipinski definition) is 2. The van der Waals surface area contributed by atoms with Crippen molar-refractivity contribution in [2.75, 3.05) is 5.32 Å². The molecule has 1 aromatic rings. The van der Waals surface area contributed by atoms with Crippen LogP contribution < -0.4 is 5.32 Å². The van der Waals surface area contributed by atoms with Crippen molar-refractivity contribution in [3.8, 4) is 0 Å². The van der Waals surface area contributed by atoms with Crippen molar-refractivity contribution in [2.45, 2.75) is 32.4 Å². The van der Waals surface area contributed by atoms with Gasteiger partial charge in [-0.25, -0.2) is 4.39 Å². The zero-order valence-corrected chi connectivity index (χ0v) is 10.2. The Morgan fingerprint density at radius 3 is 2.67 bits per heavy atom. The summed E-state index contributed by atoms with van der Waals surface area (Å²) in [6.45, 7) is 3.78. The van der Waals surface area contributed by atoms with Gasteiger partial charge in [0.1, 0.15) is 0 Å². The number of nitro groups is 1. The van der Waals surface area contributed by atoms with Gasteiger partial charge in [0, 0.05) is 17.5 Å². The molecule has 1 saturated carbocycles. The van der Waals surface area contributed by atoms with E-state index >= 15 is 0 Å². The van der Waals surface area contributed by atoms with Crippen LogP contribution in [0.1, 0.15) is 20.3 Å². The SMILES string of the molecule is CC1(C)C(O)CC1Nc1ccc([N+](=O)[O-])cc1F. The molecule has 2 N–H and O–H groups in total. The Bertz CT molecular complexity index is 490. The molecule has 1 fully saturated rings. The van der Waals surface area contributed by atoms with Gasteiger partial charge in [0.25, 0.3) is 5.69 Å². The Hall–Kier alpha value is -1.69. The third-order valence-electron chi connectivity index (χ3n) is 3.71. The van der Waals surface area contributed by atoms with E-state index in [0.29, 0.717) is 6.42 Å². The number of rotatable bonds is 3. The molecule has 2 rings (SSSR count). The van der Waals surface area contributed by atoms with Gasteiger partial charge in [-0.15, -0.1) is 0 Å². The van der Waals surface area contributed by atoms with E-state index in [9.17, 15) is 19.6 Å². The van der Waals surface area contributed by atoms with E-state index in [2.05, 4.69) is 5.32 Å². The van der Waals surface area contributed by atoms with E-state index in [-0.39, 0.29) is 22.8 Å². The fourth-order valence-electron chi connectivity index (χ4n) is 2.07. The molecule has 0 aromatic heterocycles. The molecule has 0 bridgehead atoms. The van der Waals surface area contributed by atoms with Gasteiger partial charge in [-0.3, -0.25) is 10.1 Å². The van der Waals surface area contributed by atoms with E-state index in [0.717, 1.165) is 6.07 Å². The van der Waals surface area contributed by atoms with Crippen molar-refractivity contribution in [3.63, 3.8) is 0 Å². The van der Waals surface area contributed by atoms with Crippen LogP contribution in [0.3, 0.4) is 0 Å². The van der Waals surface area contributed by atoms with Crippen LogP contribution in [0, 0.1) is 21.3 Å². The molecule has 1 aromatic carbocycles. The van der Waals surface area contributed by atoms with Crippen LogP contribution in [0.5, 0.6) is 0 Å². The number of benzene rings is 1. The van der Waals surface area contributed by atoms with Crippen molar-refractivity contribution in [1.29, 1.82) is 0 Å². The van der Waals surface area contributed by atoms with Gasteiger partial charge in [0.2, 0.25) is 0 Å². The first-order valence-corrected chi connectivity index (χ1v) is 5.71. The normalized spacial score (nSPS) is 25.3. The van der Waals surface area contributed by atoms with Crippen molar-refractivity contribution < 1.29 is 14.4 Å². The fraction of sp³-hybridized carbons (Fsp3) is 0.500. The first-order chi connectivity index (χ1) is 8.32. The number of non-ortho nitro benzene ring substituents is 1. The van der Waals surface area contributed by atoms with Crippen LogP contribution >= 0.6 is 0 Å². The van der Waals surface area contributed by atoms with Crippen LogP contribution in [-0.4, -0.2) is 22.2 Å². The first kappa shape index (κ1) is 12.8. The highest BCUT2D eigenvalue weighted by atomic mass is 19.1. The highest BCUT2D eigenvalue weighted by molar-refractivity contribution is 5.51. The number of nitro benzene ring substituents is 1. The van der Waals surface area contributed by atoms with Gasteiger partial charge in [-0.2, -0.15) is 0 Å². The van der Waals surface area contributed by atoms with Crippen molar-refractivity contribution in [1.82, 2.24) is 0 Å². The molecule has 0 amide bonds. The van der Waals surface area contributed by atoms with Gasteiger partial charge in [0.15, 0.2) is 5.82 Å². The summed E-state index contributed by atoms with van der Waals surface area (Å²) in [5.41, 5.74) is -0.370. The minimum Gasteiger partial charge on any atom is -0.392 e. The second kappa shape index (κ2) is 4.20. The third kappa shape index (κ3) is 2.03. The van der Waals surface area contributed by atoms with Crippen LogP contribution in [0.2, 0.25) is 0 Å². The summed E-state index contributed by atoms with van der Waals surface area (Å²) >= 11 is 0. The highest BCUT2D eigenvalue weighted by Gasteiger charge is 2.47. The van der Waals surface area contributed by atoms with Gasteiger partial charge in [-0.05, 0) is 12.5 Å². The summed E-state index contributed by atoms with van der Waals surface area (Å²) in [7, 11) is 0. The van der Waals surface area contributed by atoms with E-state index in [1.165, 1.54) is 12.1 Å². The Balaban J connectivity index is 2.14. The molecule has 0 heterocycles. The molecular formula is C12H15FN2O3. The smallest absolute Gasteiger partial charge is 0.272 e. The number of aliphatic hydroxyl groups is 1. The molecule has 1 aliphatic rings. The van der Waals surface area contributed by atoms with Crippen molar-refractivity contribution >= 4 is 11.4 Å². The average molecular weight is 254 g/mol. The maximum atomic E-state index is 13.7. The summed E-state index contributed by atoms with van der Waals surface area (Å²) in [6.07, 6.45) is 0.139. The maximum absolute atomic E-state index is 13.7. The minimum absolute atomic E-state index is 0.0385. The monoisotopic (exact) mass is 254 g/mol. The molecule has 98 valence electrons. The molecule has 6 heteroatoms. The third-order valence-corrected chi connectivity index (χ3v) is 3.71. The van der Waals surface area contributed by atoms with E-state index in [1.807, 2.05) is 13.8 Å². The van der Waals surface area contributed by atoms with Crippen LogP contribution in [0.4, 0.5) is 15.8 Å². The summed E-state index contributed by atoms with van der Waals surface area (Å²) < 4.78 is 13.7. The van der Waals surface area contributed by atoms with E-state index in [1.54, 1.807) is 0 Å². The predicted octanol–water partition coefficient (Wildman–Crippen LogP) is 2.31. The predicted molar refractivity (Wildman–Crippen MR) is 64.9 cm³/mol. The zero-order valence-electron chi connectivity index (χ0n) is 10.2. The van der Waals surface area contributed by atoms with Gasteiger partial charge >= 0.3 is 0 Å². The summed E-state index contributed by atoms with van der Waals surface area (Å²) in [5, 5.41) is 23.0. The minimum atomic E-state index is -0.651. The second-order valence-corrected chi connectivity index (χ2v) is 5.19. The lowest BCUT2D eigenvalue weighted by Crippen LogP contribution is -2.57. The van der Waals surface area contributed by atoms with Gasteiger partial charge < -0.3 is 10.4 Å². The molecule has 1 aliphatic carbocycles. The van der Waals surface area contributed by atoms with Crippen molar-refractivity contribution in [3.05, 3.63) is 34.1 Å². The molecule has 18 heavy (non-hydrogen) atoms. The lowest BCUT2D eigenvalue weighted by Gasteiger charge is -2.49. The molecule has 2 unspecified atom stereocenters. The second-order valence-electron chi connectivity index (χ2n) is 5.19. The molecular weight excluding hydrogens is 239 g/mol. The number of anilines is 1. The Kier molecular flexibility index (Phi) is 2.98. The van der Waals surface area contributed by atoms with Gasteiger partial charge in [-0.1, -0.05) is 13.8 Å². The number of halogens is 1. The quantitative estimate of drug-likeness (QED) is 0.641. The number of nitrogens with one attached hydrogen (secondary N) is 1. The Labute approximate surface area is 104 Å². The maximum Gasteiger partial charge on any atom is 0.272 e. The Morgan fingerprint density at radius 1 is 1.56 bits per heavy atom. The van der Waals surface area contributed by atoms with Crippen LogP contribution in [0.25, 0.3) is 0 Å². The van der Waals surface area contributed by atoms with E-state index < -0.39 is 16.8 Å². The van der Waals surface area contributed by atoms with Gasteiger partial charge in [0.05, 0.1) is 22.8 Å². The summed E-state index contributed by atoms with van der Waals surface area (Å²) in [4.78, 5) is 9.85. The number of hydrogen-bond acceptors (Lipinski definition) is 4. The fourth-order valence-corrected chi connectivity index (χ4v) is 2.07. The highest BCUT2D eigenvalue weighted by Crippen LogP contribution is 2.42. The number of aliphatic hydroxyl groups excluding tert-OH is 1. The van der Waals surface area contributed by atoms with Crippen LogP contribution in [-0.2, 0) is 0 Å². The van der Waals surface area contributed by atoms with Crippen LogP contribution in [0.15, 0.2) is 18.2 Å². The molecule has 0 radical (unpaired) electrons. The molecule has 0 saturated heterocycles. The van der Waals surface area contributed by atoms with E-state index in [4.69, 9.17) is 0 Å². The molecule has 0 aliphatic heterocycles. The lowest BCUT2D eigenvalue weighted by molar-refractivity contribution is -0.385. The summed E-state index contributed by atoms with van der Waals surface area (Å²) in [5.74, 6) is -0.651. The lowest BCUT2D eigenvalue weighted by atomic mass is 9.64. The summed E-state index contributed by atoms with van der Waals surface area (Å²) in [6, 6.07) is 3.47. The average Bonchev–Trinajstić information content (AvgIpc) is 2.30. The Morgan fingerprint density at radius 2 is 2.22 bits per heavy atom. The molecule has 0 spiro atoms.